The molecule has 0 atom stereocenters. The second-order valence-electron chi connectivity index (χ2n) is 3.92. The molecule has 1 aromatic carbocycles. The lowest BCUT2D eigenvalue weighted by Gasteiger charge is -2.09. The average Bonchev–Trinajstić information content (AvgIpc) is 2.41. The number of sulfonamides is 1. The molecule has 2 aromatic rings. The molecule has 1 heterocycles. The molecule has 2 rings (SSSR count). The Morgan fingerprint density at radius 2 is 2.00 bits per heavy atom. The molecule has 0 fully saturated rings. The van der Waals surface area contributed by atoms with E-state index in [-0.39, 0.29) is 21.3 Å². The Hall–Kier alpha value is -1.39. The summed E-state index contributed by atoms with van der Waals surface area (Å²) < 4.78 is 27.2. The molecule has 110 valence electrons. The van der Waals surface area contributed by atoms with E-state index in [2.05, 4.69) is 9.71 Å². The van der Waals surface area contributed by atoms with Crippen LogP contribution in [0.25, 0.3) is 0 Å². The molecule has 0 saturated carbocycles. The number of pyridine rings is 1. The van der Waals surface area contributed by atoms with Crippen LogP contribution in [0, 0.1) is 3.57 Å². The number of nitrogens with zero attached hydrogens (tertiary/aromatic N) is 1. The van der Waals surface area contributed by atoms with Gasteiger partial charge in [-0.2, -0.15) is 0 Å². The molecule has 0 spiro atoms. The van der Waals surface area contributed by atoms with Crippen LogP contribution in [-0.2, 0) is 10.0 Å². The van der Waals surface area contributed by atoms with Gasteiger partial charge < -0.3 is 5.11 Å². The molecule has 2 N–H and O–H groups in total. The second kappa shape index (κ2) is 6.16. The summed E-state index contributed by atoms with van der Waals surface area (Å²) in [6.07, 6.45) is 1.27. The lowest BCUT2D eigenvalue weighted by molar-refractivity contribution is 0.0695. The maximum absolute atomic E-state index is 12.2. The molecular formula is C12H8ClIN2O4S. The van der Waals surface area contributed by atoms with Crippen LogP contribution in [0.5, 0.6) is 0 Å². The van der Waals surface area contributed by atoms with Crippen molar-refractivity contribution in [2.75, 3.05) is 4.72 Å². The number of halogens is 2. The molecule has 0 aliphatic carbocycles. The first-order valence-electron chi connectivity index (χ1n) is 5.47. The SMILES string of the molecule is O=C(O)c1cc(S(=O)(=O)Nc2ccc(Cl)nc2)ccc1I. The quantitative estimate of drug-likeness (QED) is 0.565. The maximum atomic E-state index is 12.2. The van der Waals surface area contributed by atoms with Crippen LogP contribution in [0.3, 0.4) is 0 Å². The number of benzene rings is 1. The smallest absolute Gasteiger partial charge is 0.336 e. The molecule has 0 unspecified atom stereocenters. The fourth-order valence-corrected chi connectivity index (χ4v) is 3.23. The number of rotatable bonds is 4. The second-order valence-corrected chi connectivity index (χ2v) is 7.15. The third kappa shape index (κ3) is 3.83. The predicted molar refractivity (Wildman–Crippen MR) is 86.2 cm³/mol. The number of aromatic nitrogens is 1. The molecule has 0 aliphatic rings. The van der Waals surface area contributed by atoms with Crippen LogP contribution in [0.2, 0.25) is 5.15 Å². The first-order valence-corrected chi connectivity index (χ1v) is 8.41. The van der Waals surface area contributed by atoms with E-state index in [1.54, 1.807) is 0 Å². The van der Waals surface area contributed by atoms with Gasteiger partial charge in [0.15, 0.2) is 0 Å². The summed E-state index contributed by atoms with van der Waals surface area (Å²) in [5.41, 5.74) is 0.155. The van der Waals surface area contributed by atoms with E-state index >= 15 is 0 Å². The summed E-state index contributed by atoms with van der Waals surface area (Å²) in [5, 5.41) is 9.27. The Labute approximate surface area is 139 Å². The van der Waals surface area contributed by atoms with Crippen molar-refractivity contribution in [2.24, 2.45) is 0 Å². The molecule has 21 heavy (non-hydrogen) atoms. The van der Waals surface area contributed by atoms with Crippen LogP contribution in [0.4, 0.5) is 5.69 Å². The number of hydrogen-bond donors (Lipinski definition) is 2. The summed E-state index contributed by atoms with van der Waals surface area (Å²) in [4.78, 5) is 14.7. The van der Waals surface area contributed by atoms with Gasteiger partial charge >= 0.3 is 5.97 Å². The minimum Gasteiger partial charge on any atom is -0.478 e. The van der Waals surface area contributed by atoms with E-state index in [1.165, 1.54) is 30.5 Å². The number of carbonyl (C=O) groups is 1. The first-order chi connectivity index (χ1) is 9.79. The summed E-state index contributed by atoms with van der Waals surface area (Å²) in [6.45, 7) is 0. The van der Waals surface area contributed by atoms with Gasteiger partial charge in [0, 0.05) is 3.57 Å². The fraction of sp³-hybridized carbons (Fsp3) is 0. The minimum absolute atomic E-state index is 0.0762. The molecule has 0 amide bonds. The standard InChI is InChI=1S/C12H8ClIN2O4S/c13-11-4-1-7(6-15-11)16-21(19,20)8-2-3-10(14)9(5-8)12(17)18/h1-6,16H,(H,17,18). The van der Waals surface area contributed by atoms with E-state index < -0.39 is 16.0 Å². The van der Waals surface area contributed by atoms with Crippen LogP contribution in [0.15, 0.2) is 41.4 Å². The molecule has 0 radical (unpaired) electrons. The molecule has 0 bridgehead atoms. The normalized spacial score (nSPS) is 11.1. The number of carboxylic acids is 1. The molecular weight excluding hydrogens is 431 g/mol. The molecule has 0 saturated heterocycles. The van der Waals surface area contributed by atoms with Crippen molar-refractivity contribution in [1.82, 2.24) is 4.98 Å². The summed E-state index contributed by atoms with van der Waals surface area (Å²) in [6, 6.07) is 6.77. The topological polar surface area (TPSA) is 96.4 Å². The van der Waals surface area contributed by atoms with Gasteiger partial charge in [-0.3, -0.25) is 4.72 Å². The number of hydrogen-bond acceptors (Lipinski definition) is 4. The Bertz CT molecular complexity index is 793. The lowest BCUT2D eigenvalue weighted by atomic mass is 10.2. The zero-order valence-electron chi connectivity index (χ0n) is 10.2. The summed E-state index contributed by atoms with van der Waals surface area (Å²) >= 11 is 7.45. The van der Waals surface area contributed by atoms with E-state index in [0.717, 1.165) is 6.07 Å². The Morgan fingerprint density at radius 3 is 2.57 bits per heavy atom. The maximum Gasteiger partial charge on any atom is 0.336 e. The molecule has 1 aromatic heterocycles. The van der Waals surface area contributed by atoms with Crippen molar-refractivity contribution >= 4 is 55.9 Å². The van der Waals surface area contributed by atoms with Gasteiger partial charge in [-0.1, -0.05) is 11.6 Å². The molecule has 9 heteroatoms. The zero-order valence-corrected chi connectivity index (χ0v) is 14.0. The third-order valence-electron chi connectivity index (χ3n) is 2.46. The van der Waals surface area contributed by atoms with Crippen molar-refractivity contribution in [1.29, 1.82) is 0 Å². The molecule has 6 nitrogen and oxygen atoms in total. The van der Waals surface area contributed by atoms with E-state index in [4.69, 9.17) is 16.7 Å². The highest BCUT2D eigenvalue weighted by Gasteiger charge is 2.18. The van der Waals surface area contributed by atoms with Gasteiger partial charge in [0.1, 0.15) is 5.15 Å². The van der Waals surface area contributed by atoms with Crippen LogP contribution in [0.1, 0.15) is 10.4 Å². The monoisotopic (exact) mass is 438 g/mol. The van der Waals surface area contributed by atoms with E-state index in [1.807, 2.05) is 22.6 Å². The average molecular weight is 439 g/mol. The van der Waals surface area contributed by atoms with Crippen LogP contribution >= 0.6 is 34.2 Å². The Kier molecular flexibility index (Phi) is 4.69. The summed E-state index contributed by atoms with van der Waals surface area (Å²) in [7, 11) is -3.90. The van der Waals surface area contributed by atoms with Crippen LogP contribution in [-0.4, -0.2) is 24.5 Å². The number of carboxylic acid groups (broad SMARTS) is 1. The van der Waals surface area contributed by atoms with Gasteiger partial charge in [0.2, 0.25) is 0 Å². The van der Waals surface area contributed by atoms with Crippen molar-refractivity contribution in [3.05, 3.63) is 50.8 Å². The van der Waals surface area contributed by atoms with Gasteiger partial charge in [-0.05, 0) is 52.9 Å². The van der Waals surface area contributed by atoms with Gasteiger partial charge in [0.05, 0.1) is 22.3 Å². The van der Waals surface area contributed by atoms with Gasteiger partial charge in [-0.15, -0.1) is 0 Å². The highest BCUT2D eigenvalue weighted by Crippen LogP contribution is 2.21. The lowest BCUT2D eigenvalue weighted by Crippen LogP contribution is -2.14. The first kappa shape index (κ1) is 16.0. The third-order valence-corrected chi connectivity index (χ3v) is 5.00. The minimum atomic E-state index is -3.90. The van der Waals surface area contributed by atoms with Crippen molar-refractivity contribution in [3.8, 4) is 0 Å². The predicted octanol–water partition coefficient (Wildman–Crippen LogP) is 2.84. The van der Waals surface area contributed by atoms with Gasteiger partial charge in [0.25, 0.3) is 10.0 Å². The highest BCUT2D eigenvalue weighted by molar-refractivity contribution is 14.1. The van der Waals surface area contributed by atoms with E-state index in [0.29, 0.717) is 3.57 Å². The van der Waals surface area contributed by atoms with E-state index in [9.17, 15) is 13.2 Å². The van der Waals surface area contributed by atoms with Crippen molar-refractivity contribution < 1.29 is 18.3 Å². The number of nitrogens with one attached hydrogen (secondary N) is 1. The van der Waals surface area contributed by atoms with Crippen molar-refractivity contribution in [2.45, 2.75) is 4.90 Å². The zero-order chi connectivity index (χ0) is 15.6. The Balaban J connectivity index is 2.38. The fourth-order valence-electron chi connectivity index (χ4n) is 1.49. The summed E-state index contributed by atoms with van der Waals surface area (Å²) in [5.74, 6) is -1.19. The number of aromatic carboxylic acids is 1. The highest BCUT2D eigenvalue weighted by atomic mass is 127. The van der Waals surface area contributed by atoms with Crippen molar-refractivity contribution in [3.63, 3.8) is 0 Å². The Morgan fingerprint density at radius 1 is 1.29 bits per heavy atom. The van der Waals surface area contributed by atoms with Gasteiger partial charge in [-0.25, -0.2) is 18.2 Å². The molecule has 0 aliphatic heterocycles. The largest absolute Gasteiger partial charge is 0.478 e. The van der Waals surface area contributed by atoms with Crippen LogP contribution < -0.4 is 4.72 Å². The number of anilines is 1.